The van der Waals surface area contributed by atoms with Crippen LogP contribution in [0, 0.1) is 11.8 Å². The van der Waals surface area contributed by atoms with Crippen LogP contribution in [0.25, 0.3) is 0 Å². The summed E-state index contributed by atoms with van der Waals surface area (Å²) in [7, 11) is 0. The highest BCUT2D eigenvalue weighted by Crippen LogP contribution is 2.30. The highest BCUT2D eigenvalue weighted by atomic mass is 32.2. The fourth-order valence-corrected chi connectivity index (χ4v) is 5.58. The summed E-state index contributed by atoms with van der Waals surface area (Å²) in [5.74, 6) is 4.87. The molecule has 7 nitrogen and oxygen atoms in total. The van der Waals surface area contributed by atoms with Crippen molar-refractivity contribution in [3.05, 3.63) is 78.3 Å². The topological polar surface area (TPSA) is 64.9 Å². The lowest BCUT2D eigenvalue weighted by Gasteiger charge is -2.35. The Morgan fingerprint density at radius 3 is 2.58 bits per heavy atom. The van der Waals surface area contributed by atoms with Gasteiger partial charge < -0.3 is 13.9 Å². The summed E-state index contributed by atoms with van der Waals surface area (Å²) in [4.78, 5) is 6.99. The maximum atomic E-state index is 5.66. The summed E-state index contributed by atoms with van der Waals surface area (Å²) in [5, 5.41) is 10.1. The number of imidazole rings is 1. The van der Waals surface area contributed by atoms with E-state index in [-0.39, 0.29) is 0 Å². The average Bonchev–Trinajstić information content (AvgIpc) is 3.55. The summed E-state index contributed by atoms with van der Waals surface area (Å²) < 4.78 is 10.1. The van der Waals surface area contributed by atoms with Crippen LogP contribution in [0.3, 0.4) is 0 Å². The lowest BCUT2D eigenvalue weighted by molar-refractivity contribution is 0.350. The molecule has 8 heteroatoms. The maximum absolute atomic E-state index is 5.66. The molecule has 1 aromatic carbocycles. The fourth-order valence-electron chi connectivity index (χ4n) is 4.68. The second-order valence-electron chi connectivity index (χ2n) is 9.04. The van der Waals surface area contributed by atoms with E-state index in [1.54, 1.807) is 18.0 Å². The summed E-state index contributed by atoms with van der Waals surface area (Å²) in [6, 6.07) is 14.4. The maximum Gasteiger partial charge on any atom is 0.228 e. The Kier molecular flexibility index (Phi) is 6.53. The summed E-state index contributed by atoms with van der Waals surface area (Å²) in [5.41, 5.74) is 1.26. The molecule has 3 aromatic heterocycles. The van der Waals surface area contributed by atoms with Gasteiger partial charge in [-0.15, -0.1) is 10.2 Å². The van der Waals surface area contributed by atoms with Gasteiger partial charge in [-0.2, -0.15) is 0 Å². The van der Waals surface area contributed by atoms with Gasteiger partial charge in [-0.1, -0.05) is 55.9 Å². The molecule has 5 rings (SSSR count). The third-order valence-electron chi connectivity index (χ3n) is 6.07. The first kappa shape index (κ1) is 21.8. The molecular formula is C25H30N6OS. The number of aromatic nitrogens is 5. The molecule has 1 aliphatic heterocycles. The zero-order valence-electron chi connectivity index (χ0n) is 19.2. The Bertz CT molecular complexity index is 1140. The van der Waals surface area contributed by atoms with E-state index in [1.807, 2.05) is 30.6 Å². The van der Waals surface area contributed by atoms with Crippen LogP contribution >= 0.6 is 11.8 Å². The lowest BCUT2D eigenvalue weighted by Crippen LogP contribution is -2.40. The van der Waals surface area contributed by atoms with Gasteiger partial charge >= 0.3 is 0 Å². The number of benzene rings is 1. The van der Waals surface area contributed by atoms with Gasteiger partial charge in [0, 0.05) is 32.0 Å². The first-order chi connectivity index (χ1) is 16.2. The van der Waals surface area contributed by atoms with Crippen LogP contribution in [0.15, 0.2) is 70.7 Å². The van der Waals surface area contributed by atoms with Gasteiger partial charge in [0.05, 0.1) is 18.6 Å². The average molecular weight is 463 g/mol. The number of hydrogen-bond acceptors (Lipinski definition) is 6. The van der Waals surface area contributed by atoms with Crippen molar-refractivity contribution in [1.29, 1.82) is 0 Å². The largest absolute Gasteiger partial charge is 0.467 e. The smallest absolute Gasteiger partial charge is 0.228 e. The van der Waals surface area contributed by atoms with Crippen LogP contribution in [0.4, 0.5) is 5.95 Å². The first-order valence-corrected chi connectivity index (χ1v) is 12.5. The Morgan fingerprint density at radius 2 is 1.82 bits per heavy atom. The first-order valence-electron chi connectivity index (χ1n) is 11.5. The molecule has 1 fully saturated rings. The lowest BCUT2D eigenvalue weighted by atomic mass is 9.92. The van der Waals surface area contributed by atoms with Crippen molar-refractivity contribution in [2.45, 2.75) is 44.3 Å². The van der Waals surface area contributed by atoms with Crippen molar-refractivity contribution in [2.24, 2.45) is 11.8 Å². The normalized spacial score (nSPS) is 18.7. The van der Waals surface area contributed by atoms with Crippen LogP contribution in [0.2, 0.25) is 0 Å². The second kappa shape index (κ2) is 9.87. The number of rotatable bonds is 8. The van der Waals surface area contributed by atoms with Crippen LogP contribution in [-0.2, 0) is 18.8 Å². The van der Waals surface area contributed by atoms with Gasteiger partial charge in [-0.25, -0.2) is 4.98 Å². The van der Waals surface area contributed by atoms with Gasteiger partial charge in [0.15, 0.2) is 5.16 Å². The van der Waals surface area contributed by atoms with Crippen molar-refractivity contribution in [3.8, 4) is 0 Å². The van der Waals surface area contributed by atoms with E-state index < -0.39 is 0 Å². The summed E-state index contributed by atoms with van der Waals surface area (Å²) in [6.45, 7) is 8.08. The Morgan fingerprint density at radius 1 is 1.00 bits per heavy atom. The minimum absolute atomic E-state index is 0.620. The molecule has 172 valence electrons. The minimum Gasteiger partial charge on any atom is -0.467 e. The van der Waals surface area contributed by atoms with Crippen LogP contribution in [0.1, 0.15) is 37.4 Å². The molecule has 33 heavy (non-hydrogen) atoms. The Labute approximate surface area is 198 Å². The van der Waals surface area contributed by atoms with E-state index in [2.05, 4.69) is 67.3 Å². The molecule has 1 saturated heterocycles. The van der Waals surface area contributed by atoms with Gasteiger partial charge in [-0.3, -0.25) is 4.57 Å². The third-order valence-corrected chi connectivity index (χ3v) is 7.03. The molecule has 0 bridgehead atoms. The number of piperidine rings is 1. The standard InChI is InChI=1S/C25H30N6OS/c1-19-13-20(2)15-30(14-19)24-27-28-25(31(24)17-22-9-6-12-32-22)33-18-23-26-10-11-29(23)16-21-7-4-3-5-8-21/h3-12,19-20H,13-18H2,1-2H3. The SMILES string of the molecule is CC1CC(C)CN(c2nnc(SCc3nccn3Cc3ccccc3)n2Cc2ccco2)C1. The van der Waals surface area contributed by atoms with Crippen LogP contribution in [0.5, 0.6) is 0 Å². The molecule has 0 saturated carbocycles. The molecule has 4 heterocycles. The number of nitrogens with zero attached hydrogens (tertiary/aromatic N) is 6. The molecule has 1 aliphatic rings. The van der Waals surface area contributed by atoms with E-state index in [4.69, 9.17) is 4.42 Å². The number of thioether (sulfide) groups is 1. The Balaban J connectivity index is 1.36. The highest BCUT2D eigenvalue weighted by molar-refractivity contribution is 7.98. The van der Waals surface area contributed by atoms with Gasteiger partial charge in [0.2, 0.25) is 5.95 Å². The van der Waals surface area contributed by atoms with E-state index in [1.165, 1.54) is 12.0 Å². The molecular weight excluding hydrogens is 432 g/mol. The van der Waals surface area contributed by atoms with Crippen molar-refractivity contribution in [1.82, 2.24) is 24.3 Å². The third kappa shape index (κ3) is 5.16. The van der Waals surface area contributed by atoms with E-state index in [0.717, 1.165) is 48.1 Å². The molecule has 2 atom stereocenters. The van der Waals surface area contributed by atoms with Gasteiger partial charge in [0.1, 0.15) is 11.6 Å². The molecule has 0 spiro atoms. The molecule has 0 radical (unpaired) electrons. The minimum atomic E-state index is 0.620. The fraction of sp³-hybridized carbons (Fsp3) is 0.400. The zero-order chi connectivity index (χ0) is 22.6. The van der Waals surface area contributed by atoms with Crippen LogP contribution in [-0.4, -0.2) is 37.4 Å². The quantitative estimate of drug-likeness (QED) is 0.346. The molecule has 0 amide bonds. The predicted molar refractivity (Wildman–Crippen MR) is 130 cm³/mol. The van der Waals surface area contributed by atoms with Crippen LogP contribution < -0.4 is 4.90 Å². The summed E-state index contributed by atoms with van der Waals surface area (Å²) >= 11 is 1.68. The number of hydrogen-bond donors (Lipinski definition) is 0. The second-order valence-corrected chi connectivity index (χ2v) is 9.99. The van der Waals surface area contributed by atoms with Crippen molar-refractivity contribution >= 4 is 17.7 Å². The monoisotopic (exact) mass is 462 g/mol. The number of furan rings is 1. The highest BCUT2D eigenvalue weighted by Gasteiger charge is 2.27. The van der Waals surface area contributed by atoms with E-state index in [0.29, 0.717) is 18.4 Å². The van der Waals surface area contributed by atoms with E-state index >= 15 is 0 Å². The molecule has 4 aromatic rings. The van der Waals surface area contributed by atoms with E-state index in [9.17, 15) is 0 Å². The van der Waals surface area contributed by atoms with Crippen molar-refractivity contribution in [2.75, 3.05) is 18.0 Å². The van der Waals surface area contributed by atoms with Gasteiger partial charge in [0.25, 0.3) is 0 Å². The zero-order valence-corrected chi connectivity index (χ0v) is 20.0. The number of anilines is 1. The van der Waals surface area contributed by atoms with Crippen molar-refractivity contribution < 1.29 is 4.42 Å². The Hall–Kier alpha value is -3.00. The van der Waals surface area contributed by atoms with Gasteiger partial charge in [-0.05, 0) is 36.0 Å². The molecule has 2 unspecified atom stereocenters. The van der Waals surface area contributed by atoms with Crippen molar-refractivity contribution in [3.63, 3.8) is 0 Å². The predicted octanol–water partition coefficient (Wildman–Crippen LogP) is 4.94. The molecule has 0 N–H and O–H groups in total. The molecule has 0 aliphatic carbocycles. The summed E-state index contributed by atoms with van der Waals surface area (Å²) in [6.07, 6.45) is 6.89.